The summed E-state index contributed by atoms with van der Waals surface area (Å²) < 4.78 is 20.4. The van der Waals surface area contributed by atoms with E-state index in [0.717, 1.165) is 5.56 Å². The van der Waals surface area contributed by atoms with Crippen LogP contribution >= 0.6 is 11.3 Å². The summed E-state index contributed by atoms with van der Waals surface area (Å²) in [4.78, 5) is 16.4. The van der Waals surface area contributed by atoms with E-state index in [1.165, 1.54) is 30.6 Å². The lowest BCUT2D eigenvalue weighted by Crippen LogP contribution is -2.12. The van der Waals surface area contributed by atoms with Crippen molar-refractivity contribution in [3.8, 4) is 17.0 Å². The predicted octanol–water partition coefficient (Wildman–Crippen LogP) is 3.26. The lowest BCUT2D eigenvalue weighted by atomic mass is 10.1. The second kappa shape index (κ2) is 7.43. The van der Waals surface area contributed by atoms with Gasteiger partial charge < -0.3 is 10.1 Å². The van der Waals surface area contributed by atoms with Crippen molar-refractivity contribution in [2.75, 3.05) is 12.4 Å². The first-order chi connectivity index (χ1) is 12.0. The maximum Gasteiger partial charge on any atom is 0.226 e. The molecular formula is C17H17FN4O2S. The Hall–Kier alpha value is -2.74. The molecule has 0 aliphatic rings. The Morgan fingerprint density at radius 2 is 2.28 bits per heavy atom. The lowest BCUT2D eigenvalue weighted by molar-refractivity contribution is -0.116. The minimum Gasteiger partial charge on any atom is -0.496 e. The minimum absolute atomic E-state index is 0.129. The largest absolute Gasteiger partial charge is 0.496 e. The molecule has 3 aromatic rings. The fourth-order valence-electron chi connectivity index (χ4n) is 2.38. The number of carbonyl (C=O) groups is 1. The summed E-state index contributed by atoms with van der Waals surface area (Å²) >= 11 is 1.29. The van der Waals surface area contributed by atoms with Crippen LogP contribution < -0.4 is 10.1 Å². The molecule has 0 saturated heterocycles. The number of anilines is 1. The van der Waals surface area contributed by atoms with E-state index in [9.17, 15) is 9.18 Å². The van der Waals surface area contributed by atoms with Crippen LogP contribution in [0.25, 0.3) is 11.3 Å². The third-order valence-corrected chi connectivity index (χ3v) is 4.34. The molecule has 0 unspecified atom stereocenters. The molecule has 0 bridgehead atoms. The van der Waals surface area contributed by atoms with Gasteiger partial charge in [0, 0.05) is 30.6 Å². The summed E-state index contributed by atoms with van der Waals surface area (Å²) in [6, 6.07) is 4.24. The van der Waals surface area contributed by atoms with Gasteiger partial charge >= 0.3 is 0 Å². The van der Waals surface area contributed by atoms with Crippen molar-refractivity contribution in [1.82, 2.24) is 14.8 Å². The lowest BCUT2D eigenvalue weighted by Gasteiger charge is -2.06. The molecule has 0 radical (unpaired) electrons. The first kappa shape index (κ1) is 17.1. The number of ether oxygens (including phenoxy) is 1. The zero-order chi connectivity index (χ0) is 17.8. The number of thiazole rings is 1. The van der Waals surface area contributed by atoms with Crippen LogP contribution in [0.2, 0.25) is 0 Å². The first-order valence-electron chi connectivity index (χ1n) is 7.62. The third-order valence-electron chi connectivity index (χ3n) is 3.59. The molecule has 0 spiro atoms. The molecule has 1 aromatic carbocycles. The molecule has 0 aliphatic carbocycles. The molecule has 6 nitrogen and oxygen atoms in total. The predicted molar refractivity (Wildman–Crippen MR) is 94.2 cm³/mol. The molecule has 0 saturated carbocycles. The molecule has 0 fully saturated rings. The van der Waals surface area contributed by atoms with Gasteiger partial charge in [0.05, 0.1) is 19.0 Å². The number of carbonyl (C=O) groups excluding carboxylic acids is 1. The zero-order valence-corrected chi connectivity index (χ0v) is 14.6. The van der Waals surface area contributed by atoms with Gasteiger partial charge in [-0.1, -0.05) is 0 Å². The summed E-state index contributed by atoms with van der Waals surface area (Å²) in [5.41, 5.74) is 2.11. The average molecular weight is 360 g/mol. The van der Waals surface area contributed by atoms with Crippen LogP contribution in [0.5, 0.6) is 5.75 Å². The first-order valence-corrected chi connectivity index (χ1v) is 8.50. The van der Waals surface area contributed by atoms with Crippen LogP contribution in [0.15, 0.2) is 36.0 Å². The van der Waals surface area contributed by atoms with E-state index >= 15 is 0 Å². The Morgan fingerprint density at radius 3 is 3.00 bits per heavy atom. The Morgan fingerprint density at radius 1 is 1.44 bits per heavy atom. The summed E-state index contributed by atoms with van der Waals surface area (Å²) in [5.74, 6) is 0.0305. The van der Waals surface area contributed by atoms with Gasteiger partial charge in [0.25, 0.3) is 0 Å². The van der Waals surface area contributed by atoms with E-state index in [-0.39, 0.29) is 11.7 Å². The minimum atomic E-state index is -0.370. The summed E-state index contributed by atoms with van der Waals surface area (Å²) in [5, 5.41) is 9.07. The number of nitrogens with zero attached hydrogens (tertiary/aromatic N) is 3. The van der Waals surface area contributed by atoms with Gasteiger partial charge in [-0.05, 0) is 30.2 Å². The Kier molecular flexibility index (Phi) is 5.08. The van der Waals surface area contributed by atoms with Crippen LogP contribution in [-0.4, -0.2) is 27.8 Å². The fourth-order valence-corrected chi connectivity index (χ4v) is 3.10. The van der Waals surface area contributed by atoms with E-state index in [0.29, 0.717) is 35.0 Å². The standard InChI is InChI=1S/C17H17FN4O2S/c1-22-9-11(8-19-22)3-6-16(23)21-17-20-14(10-25-17)13-7-12(18)4-5-15(13)24-2/h4-5,7-10H,3,6H2,1-2H3,(H,20,21,23). The number of hydrogen-bond donors (Lipinski definition) is 1. The number of benzene rings is 1. The molecule has 2 aromatic heterocycles. The van der Waals surface area contributed by atoms with E-state index in [1.54, 1.807) is 22.3 Å². The van der Waals surface area contributed by atoms with Crippen LogP contribution in [0.4, 0.5) is 9.52 Å². The van der Waals surface area contributed by atoms with Crippen molar-refractivity contribution in [2.24, 2.45) is 7.05 Å². The normalized spacial score (nSPS) is 10.7. The summed E-state index contributed by atoms with van der Waals surface area (Å²) in [7, 11) is 3.35. The van der Waals surface area contributed by atoms with Crippen molar-refractivity contribution in [3.63, 3.8) is 0 Å². The molecular weight excluding hydrogens is 343 g/mol. The van der Waals surface area contributed by atoms with Crippen molar-refractivity contribution in [1.29, 1.82) is 0 Å². The van der Waals surface area contributed by atoms with Crippen LogP contribution in [0, 0.1) is 5.82 Å². The highest BCUT2D eigenvalue weighted by atomic mass is 32.1. The highest BCUT2D eigenvalue weighted by Crippen LogP contribution is 2.32. The van der Waals surface area contributed by atoms with Crippen LogP contribution in [0.1, 0.15) is 12.0 Å². The zero-order valence-electron chi connectivity index (χ0n) is 13.8. The number of amides is 1. The van der Waals surface area contributed by atoms with Gasteiger partial charge in [0.1, 0.15) is 11.6 Å². The average Bonchev–Trinajstić information content (AvgIpc) is 3.22. The molecule has 0 aliphatic heterocycles. The van der Waals surface area contributed by atoms with Crippen LogP contribution in [-0.2, 0) is 18.3 Å². The molecule has 8 heteroatoms. The second-order valence-corrected chi connectivity index (χ2v) is 6.31. The number of nitrogens with one attached hydrogen (secondary N) is 1. The number of hydrogen-bond acceptors (Lipinski definition) is 5. The SMILES string of the molecule is COc1ccc(F)cc1-c1csc(NC(=O)CCc2cnn(C)c2)n1. The van der Waals surface area contributed by atoms with Crippen molar-refractivity contribution in [2.45, 2.75) is 12.8 Å². The molecule has 3 rings (SSSR count). The molecule has 1 amide bonds. The summed E-state index contributed by atoms with van der Waals surface area (Å²) in [6.07, 6.45) is 4.57. The van der Waals surface area contributed by atoms with E-state index in [1.807, 2.05) is 13.2 Å². The van der Waals surface area contributed by atoms with Gasteiger partial charge in [-0.2, -0.15) is 5.10 Å². The number of rotatable bonds is 6. The van der Waals surface area contributed by atoms with Crippen molar-refractivity contribution in [3.05, 3.63) is 47.4 Å². The quantitative estimate of drug-likeness (QED) is 0.733. The van der Waals surface area contributed by atoms with Gasteiger partial charge in [-0.25, -0.2) is 9.37 Å². The highest BCUT2D eigenvalue weighted by molar-refractivity contribution is 7.14. The van der Waals surface area contributed by atoms with Gasteiger partial charge in [-0.3, -0.25) is 9.48 Å². The van der Waals surface area contributed by atoms with E-state index in [2.05, 4.69) is 15.4 Å². The monoisotopic (exact) mass is 360 g/mol. The molecule has 25 heavy (non-hydrogen) atoms. The van der Waals surface area contributed by atoms with Gasteiger partial charge in [0.2, 0.25) is 5.91 Å². The van der Waals surface area contributed by atoms with Crippen molar-refractivity contribution < 1.29 is 13.9 Å². The Balaban J connectivity index is 1.65. The second-order valence-electron chi connectivity index (χ2n) is 5.45. The molecule has 2 heterocycles. The maximum absolute atomic E-state index is 13.5. The molecule has 0 atom stereocenters. The molecule has 130 valence electrons. The third kappa shape index (κ3) is 4.21. The molecule has 1 N–H and O–H groups in total. The van der Waals surface area contributed by atoms with E-state index in [4.69, 9.17) is 4.74 Å². The highest BCUT2D eigenvalue weighted by Gasteiger charge is 2.13. The number of methoxy groups -OCH3 is 1. The fraction of sp³-hybridized carbons (Fsp3) is 0.235. The topological polar surface area (TPSA) is 69.0 Å². The smallest absolute Gasteiger partial charge is 0.226 e. The van der Waals surface area contributed by atoms with Crippen LogP contribution in [0.3, 0.4) is 0 Å². The maximum atomic E-state index is 13.5. The van der Waals surface area contributed by atoms with Crippen molar-refractivity contribution >= 4 is 22.4 Å². The van der Waals surface area contributed by atoms with Gasteiger partial charge in [0.15, 0.2) is 5.13 Å². The number of aromatic nitrogens is 3. The number of aryl methyl sites for hydroxylation is 2. The number of halogens is 1. The summed E-state index contributed by atoms with van der Waals surface area (Å²) in [6.45, 7) is 0. The Labute approximate surface area is 148 Å². The van der Waals surface area contributed by atoms with Gasteiger partial charge in [-0.15, -0.1) is 11.3 Å². The Bertz CT molecular complexity index is 890. The van der Waals surface area contributed by atoms with E-state index < -0.39 is 0 Å².